The van der Waals surface area contributed by atoms with Gasteiger partial charge in [0.1, 0.15) is 0 Å². The Balaban J connectivity index is 1.68. The molecule has 0 fully saturated rings. The fraction of sp³-hybridized carbons (Fsp3) is 0.105. The lowest BCUT2D eigenvalue weighted by Gasteiger charge is -2.10. The van der Waals surface area contributed by atoms with E-state index in [0.717, 1.165) is 5.69 Å². The van der Waals surface area contributed by atoms with Gasteiger partial charge in [0.2, 0.25) is 5.91 Å². The Morgan fingerprint density at radius 2 is 1.46 bits per heavy atom. The van der Waals surface area contributed by atoms with Crippen molar-refractivity contribution in [3.8, 4) is 0 Å². The van der Waals surface area contributed by atoms with E-state index in [1.807, 2.05) is 0 Å². The first-order valence-corrected chi connectivity index (χ1v) is 9.89. The SMILES string of the molecule is CC(=O)Nc1ccc(Nc2ccc(NS(=O)(=O)c3ccccc3C)nn2)cc1. The predicted molar refractivity (Wildman–Crippen MR) is 108 cm³/mol. The van der Waals surface area contributed by atoms with Crippen LogP contribution < -0.4 is 15.4 Å². The average molecular weight is 397 g/mol. The number of carbonyl (C=O) groups excluding carboxylic acids is 1. The number of nitrogens with one attached hydrogen (secondary N) is 3. The smallest absolute Gasteiger partial charge is 0.263 e. The Bertz CT molecular complexity index is 1080. The molecule has 0 atom stereocenters. The molecule has 0 aliphatic rings. The second-order valence-corrected chi connectivity index (χ2v) is 7.71. The van der Waals surface area contributed by atoms with Crippen molar-refractivity contribution >= 4 is 38.9 Å². The molecule has 0 saturated heterocycles. The van der Waals surface area contributed by atoms with Crippen LogP contribution in [0.3, 0.4) is 0 Å². The van der Waals surface area contributed by atoms with E-state index in [2.05, 4.69) is 25.6 Å². The lowest BCUT2D eigenvalue weighted by atomic mass is 10.2. The molecular weight excluding hydrogens is 378 g/mol. The third kappa shape index (κ3) is 4.83. The van der Waals surface area contributed by atoms with Crippen molar-refractivity contribution in [3.05, 3.63) is 66.2 Å². The van der Waals surface area contributed by atoms with Crippen molar-refractivity contribution < 1.29 is 13.2 Å². The molecule has 9 heteroatoms. The number of amides is 1. The van der Waals surface area contributed by atoms with Gasteiger partial charge in [0.05, 0.1) is 4.90 Å². The highest BCUT2D eigenvalue weighted by Crippen LogP contribution is 2.20. The molecular formula is C19H19N5O3S. The summed E-state index contributed by atoms with van der Waals surface area (Å²) in [6, 6.07) is 16.9. The molecule has 1 heterocycles. The maximum Gasteiger partial charge on any atom is 0.263 e. The van der Waals surface area contributed by atoms with E-state index in [0.29, 0.717) is 17.1 Å². The van der Waals surface area contributed by atoms with Gasteiger partial charge < -0.3 is 10.6 Å². The lowest BCUT2D eigenvalue weighted by Crippen LogP contribution is -2.15. The van der Waals surface area contributed by atoms with Gasteiger partial charge in [-0.2, -0.15) is 0 Å². The van der Waals surface area contributed by atoms with Crippen LogP contribution in [0.4, 0.5) is 23.0 Å². The van der Waals surface area contributed by atoms with Crippen molar-refractivity contribution in [2.75, 3.05) is 15.4 Å². The summed E-state index contributed by atoms with van der Waals surface area (Å²) < 4.78 is 27.4. The van der Waals surface area contributed by atoms with Gasteiger partial charge in [-0.1, -0.05) is 18.2 Å². The molecule has 0 aliphatic carbocycles. The summed E-state index contributed by atoms with van der Waals surface area (Å²) in [5, 5.41) is 13.6. The summed E-state index contributed by atoms with van der Waals surface area (Å²) in [6.45, 7) is 3.17. The fourth-order valence-electron chi connectivity index (χ4n) is 2.49. The van der Waals surface area contributed by atoms with Crippen molar-refractivity contribution in [1.29, 1.82) is 0 Å². The monoisotopic (exact) mass is 397 g/mol. The molecule has 144 valence electrons. The van der Waals surface area contributed by atoms with Crippen LogP contribution in [-0.2, 0) is 14.8 Å². The number of aryl methyl sites for hydroxylation is 1. The first-order valence-electron chi connectivity index (χ1n) is 8.40. The Morgan fingerprint density at radius 3 is 2.07 bits per heavy atom. The third-order valence-electron chi connectivity index (χ3n) is 3.76. The number of sulfonamides is 1. The van der Waals surface area contributed by atoms with Crippen LogP contribution in [0.1, 0.15) is 12.5 Å². The maximum atomic E-state index is 12.5. The van der Waals surface area contributed by atoms with E-state index in [1.54, 1.807) is 55.5 Å². The van der Waals surface area contributed by atoms with Crippen LogP contribution in [-0.4, -0.2) is 24.5 Å². The summed E-state index contributed by atoms with van der Waals surface area (Å²) in [6.07, 6.45) is 0. The highest BCUT2D eigenvalue weighted by Gasteiger charge is 2.17. The fourth-order valence-corrected chi connectivity index (χ4v) is 3.74. The van der Waals surface area contributed by atoms with Crippen molar-refractivity contribution in [1.82, 2.24) is 10.2 Å². The minimum atomic E-state index is -3.74. The largest absolute Gasteiger partial charge is 0.339 e. The first-order chi connectivity index (χ1) is 13.3. The molecule has 3 aromatic rings. The second kappa shape index (κ2) is 8.05. The number of benzene rings is 2. The highest BCUT2D eigenvalue weighted by atomic mass is 32.2. The summed E-state index contributed by atoms with van der Waals surface area (Å²) in [5.41, 5.74) is 2.07. The lowest BCUT2D eigenvalue weighted by molar-refractivity contribution is -0.114. The molecule has 0 bridgehead atoms. The normalized spacial score (nSPS) is 10.9. The van der Waals surface area contributed by atoms with Crippen LogP contribution in [0, 0.1) is 6.92 Å². The molecule has 3 N–H and O–H groups in total. The minimum absolute atomic E-state index is 0.120. The topological polar surface area (TPSA) is 113 Å². The number of nitrogens with zero attached hydrogens (tertiary/aromatic N) is 2. The van der Waals surface area contributed by atoms with E-state index in [9.17, 15) is 13.2 Å². The van der Waals surface area contributed by atoms with Gasteiger partial charge in [0.15, 0.2) is 11.6 Å². The van der Waals surface area contributed by atoms with E-state index in [-0.39, 0.29) is 16.6 Å². The molecule has 0 aliphatic heterocycles. The molecule has 1 aromatic heterocycles. The molecule has 8 nitrogen and oxygen atoms in total. The van der Waals surface area contributed by atoms with Gasteiger partial charge in [-0.05, 0) is 55.0 Å². The van der Waals surface area contributed by atoms with E-state index >= 15 is 0 Å². The maximum absolute atomic E-state index is 12.5. The van der Waals surface area contributed by atoms with Gasteiger partial charge in [-0.3, -0.25) is 9.52 Å². The predicted octanol–water partition coefficient (Wildman–Crippen LogP) is 3.29. The number of aromatic nitrogens is 2. The van der Waals surface area contributed by atoms with E-state index in [4.69, 9.17) is 0 Å². The molecule has 3 rings (SSSR count). The molecule has 28 heavy (non-hydrogen) atoms. The van der Waals surface area contributed by atoms with Crippen LogP contribution >= 0.6 is 0 Å². The number of hydrogen-bond acceptors (Lipinski definition) is 6. The molecule has 1 amide bonds. The Hall–Kier alpha value is -3.46. The zero-order chi connectivity index (χ0) is 20.1. The van der Waals surface area contributed by atoms with Crippen LogP contribution in [0.2, 0.25) is 0 Å². The molecule has 0 saturated carbocycles. The Morgan fingerprint density at radius 1 is 0.857 bits per heavy atom. The summed E-state index contributed by atoms with van der Waals surface area (Å²) in [4.78, 5) is 11.2. The second-order valence-electron chi connectivity index (χ2n) is 6.06. The summed E-state index contributed by atoms with van der Waals surface area (Å²) >= 11 is 0. The number of hydrogen-bond donors (Lipinski definition) is 3. The standard InChI is InChI=1S/C19H19N5O3S/c1-13-5-3-4-6-17(13)28(26,27)24-19-12-11-18(22-23-19)21-16-9-7-15(8-10-16)20-14(2)25/h3-12H,1-2H3,(H,20,25)(H,21,22)(H,23,24). The zero-order valence-electron chi connectivity index (χ0n) is 15.3. The number of anilines is 4. The average Bonchev–Trinajstić information content (AvgIpc) is 2.64. The quantitative estimate of drug-likeness (QED) is 0.588. The van der Waals surface area contributed by atoms with E-state index < -0.39 is 10.0 Å². The molecule has 0 radical (unpaired) electrons. The Kier molecular flexibility index (Phi) is 5.55. The third-order valence-corrected chi connectivity index (χ3v) is 5.28. The number of carbonyl (C=O) groups is 1. The number of rotatable bonds is 6. The van der Waals surface area contributed by atoms with Gasteiger partial charge in [-0.25, -0.2) is 8.42 Å². The summed E-state index contributed by atoms with van der Waals surface area (Å²) in [5.74, 6) is 0.427. The van der Waals surface area contributed by atoms with E-state index in [1.165, 1.54) is 19.1 Å². The van der Waals surface area contributed by atoms with Crippen molar-refractivity contribution in [2.24, 2.45) is 0 Å². The van der Waals surface area contributed by atoms with Crippen LogP contribution in [0.25, 0.3) is 0 Å². The molecule has 2 aromatic carbocycles. The Labute approximate surface area is 163 Å². The van der Waals surface area contributed by atoms with Gasteiger partial charge >= 0.3 is 0 Å². The highest BCUT2D eigenvalue weighted by molar-refractivity contribution is 7.92. The zero-order valence-corrected chi connectivity index (χ0v) is 16.1. The van der Waals surface area contributed by atoms with Gasteiger partial charge in [0.25, 0.3) is 10.0 Å². The van der Waals surface area contributed by atoms with Crippen LogP contribution in [0.5, 0.6) is 0 Å². The molecule has 0 spiro atoms. The molecule has 0 unspecified atom stereocenters. The van der Waals surface area contributed by atoms with Gasteiger partial charge in [-0.15, -0.1) is 10.2 Å². The minimum Gasteiger partial charge on any atom is -0.339 e. The van der Waals surface area contributed by atoms with Crippen LogP contribution in [0.15, 0.2) is 65.6 Å². The van der Waals surface area contributed by atoms with Crippen molar-refractivity contribution in [3.63, 3.8) is 0 Å². The first kappa shape index (κ1) is 19.3. The van der Waals surface area contributed by atoms with Gasteiger partial charge in [0, 0.05) is 18.3 Å². The van der Waals surface area contributed by atoms with Crippen molar-refractivity contribution in [2.45, 2.75) is 18.7 Å². The summed E-state index contributed by atoms with van der Waals surface area (Å²) in [7, 11) is -3.74.